The summed E-state index contributed by atoms with van der Waals surface area (Å²) in [5, 5.41) is 0. The molecule has 18 heavy (non-hydrogen) atoms. The minimum Gasteiger partial charge on any atom is -0.379 e. The van der Waals surface area contributed by atoms with E-state index in [1.807, 2.05) is 13.8 Å². The maximum Gasteiger partial charge on any atom is 0.326 e. The molecule has 0 atom stereocenters. The Labute approximate surface area is 104 Å². The van der Waals surface area contributed by atoms with Crippen molar-refractivity contribution in [2.75, 3.05) is 6.61 Å². The van der Waals surface area contributed by atoms with Gasteiger partial charge in [0.15, 0.2) is 0 Å². The standard InChI is InChI=1S/C13H17FN2O2/c1-9(2)18-7-3-6-16-12-5-4-10(14)8-11(12)15-13(16)17/h4-5,8-9H,3,6-7H2,1-2H3,(H,15,17). The minimum atomic E-state index is -0.348. The summed E-state index contributed by atoms with van der Waals surface area (Å²) < 4.78 is 20.1. The first-order valence-corrected chi connectivity index (χ1v) is 6.07. The Bertz CT molecular complexity index is 586. The van der Waals surface area contributed by atoms with Crippen molar-refractivity contribution in [1.82, 2.24) is 9.55 Å². The molecule has 4 nitrogen and oxygen atoms in total. The smallest absolute Gasteiger partial charge is 0.326 e. The SMILES string of the molecule is CC(C)OCCCn1c(=O)[nH]c2cc(F)ccc21. The molecule has 0 amide bonds. The number of aromatic amines is 1. The van der Waals surface area contributed by atoms with Crippen LogP contribution in [0.25, 0.3) is 11.0 Å². The van der Waals surface area contributed by atoms with E-state index in [4.69, 9.17) is 4.74 Å². The van der Waals surface area contributed by atoms with Gasteiger partial charge in [0.2, 0.25) is 0 Å². The van der Waals surface area contributed by atoms with Crippen LogP contribution in [0.5, 0.6) is 0 Å². The van der Waals surface area contributed by atoms with E-state index in [0.717, 1.165) is 11.9 Å². The zero-order valence-corrected chi connectivity index (χ0v) is 10.6. The first-order chi connectivity index (χ1) is 8.58. The van der Waals surface area contributed by atoms with E-state index < -0.39 is 0 Å². The maximum atomic E-state index is 13.0. The van der Waals surface area contributed by atoms with Crippen molar-refractivity contribution in [3.05, 3.63) is 34.5 Å². The van der Waals surface area contributed by atoms with Gasteiger partial charge in [-0.15, -0.1) is 0 Å². The lowest BCUT2D eigenvalue weighted by Crippen LogP contribution is -2.18. The molecule has 0 radical (unpaired) electrons. The second-order valence-corrected chi connectivity index (χ2v) is 4.52. The Morgan fingerprint density at radius 3 is 2.94 bits per heavy atom. The van der Waals surface area contributed by atoms with Crippen LogP contribution >= 0.6 is 0 Å². The monoisotopic (exact) mass is 252 g/mol. The Hall–Kier alpha value is -1.62. The summed E-state index contributed by atoms with van der Waals surface area (Å²) in [6.07, 6.45) is 0.946. The summed E-state index contributed by atoms with van der Waals surface area (Å²) >= 11 is 0. The number of nitrogens with one attached hydrogen (secondary N) is 1. The third-order valence-electron chi connectivity index (χ3n) is 2.71. The van der Waals surface area contributed by atoms with Gasteiger partial charge in [-0.1, -0.05) is 0 Å². The quantitative estimate of drug-likeness (QED) is 0.830. The Morgan fingerprint density at radius 1 is 1.44 bits per heavy atom. The number of aromatic nitrogens is 2. The zero-order chi connectivity index (χ0) is 13.1. The van der Waals surface area contributed by atoms with Crippen LogP contribution in [-0.2, 0) is 11.3 Å². The van der Waals surface area contributed by atoms with Gasteiger partial charge < -0.3 is 9.72 Å². The van der Waals surface area contributed by atoms with Gasteiger partial charge in [-0.3, -0.25) is 4.57 Å². The van der Waals surface area contributed by atoms with E-state index in [1.54, 1.807) is 10.6 Å². The van der Waals surface area contributed by atoms with Crippen LogP contribution < -0.4 is 5.69 Å². The average molecular weight is 252 g/mol. The van der Waals surface area contributed by atoms with Gasteiger partial charge in [0.25, 0.3) is 0 Å². The van der Waals surface area contributed by atoms with Gasteiger partial charge in [-0.25, -0.2) is 9.18 Å². The van der Waals surface area contributed by atoms with Gasteiger partial charge >= 0.3 is 5.69 Å². The highest BCUT2D eigenvalue weighted by molar-refractivity contribution is 5.75. The summed E-state index contributed by atoms with van der Waals surface area (Å²) in [4.78, 5) is 14.4. The number of aryl methyl sites for hydroxylation is 1. The van der Waals surface area contributed by atoms with Gasteiger partial charge in [0.1, 0.15) is 5.82 Å². The van der Waals surface area contributed by atoms with E-state index in [9.17, 15) is 9.18 Å². The lowest BCUT2D eigenvalue weighted by molar-refractivity contribution is 0.0749. The van der Waals surface area contributed by atoms with E-state index in [0.29, 0.717) is 18.7 Å². The minimum absolute atomic E-state index is 0.193. The molecule has 1 aromatic carbocycles. The van der Waals surface area contributed by atoms with E-state index >= 15 is 0 Å². The molecule has 1 N–H and O–H groups in total. The second-order valence-electron chi connectivity index (χ2n) is 4.52. The summed E-state index contributed by atoms with van der Waals surface area (Å²) in [7, 11) is 0. The molecule has 2 rings (SSSR count). The fourth-order valence-corrected chi connectivity index (χ4v) is 1.90. The van der Waals surface area contributed by atoms with Crippen LogP contribution in [0.1, 0.15) is 20.3 Å². The van der Waals surface area contributed by atoms with Gasteiger partial charge in [-0.05, 0) is 38.5 Å². The predicted octanol–water partition coefficient (Wildman–Crippen LogP) is 2.28. The summed E-state index contributed by atoms with van der Waals surface area (Å²) in [5.74, 6) is -0.348. The van der Waals surface area contributed by atoms with Crippen molar-refractivity contribution < 1.29 is 9.13 Å². The molecule has 0 unspecified atom stereocenters. The lowest BCUT2D eigenvalue weighted by atomic mass is 10.3. The van der Waals surface area contributed by atoms with Crippen LogP contribution in [0.15, 0.2) is 23.0 Å². The Morgan fingerprint density at radius 2 is 2.22 bits per heavy atom. The molecule has 0 bridgehead atoms. The fourth-order valence-electron chi connectivity index (χ4n) is 1.90. The molecule has 2 aromatic rings. The lowest BCUT2D eigenvalue weighted by Gasteiger charge is -2.07. The molecule has 5 heteroatoms. The number of imidazole rings is 1. The molecular weight excluding hydrogens is 235 g/mol. The molecule has 98 valence electrons. The van der Waals surface area contributed by atoms with Gasteiger partial charge in [-0.2, -0.15) is 0 Å². The molecular formula is C13H17FN2O2. The fraction of sp³-hybridized carbons (Fsp3) is 0.462. The number of H-pyrrole nitrogens is 1. The normalized spacial score (nSPS) is 11.6. The zero-order valence-electron chi connectivity index (χ0n) is 10.6. The highest BCUT2D eigenvalue weighted by atomic mass is 19.1. The highest BCUT2D eigenvalue weighted by Crippen LogP contribution is 2.12. The summed E-state index contributed by atoms with van der Waals surface area (Å²) in [5.41, 5.74) is 1.05. The van der Waals surface area contributed by atoms with Crippen molar-refractivity contribution in [2.24, 2.45) is 0 Å². The number of hydrogen-bond donors (Lipinski definition) is 1. The number of benzene rings is 1. The van der Waals surface area contributed by atoms with Gasteiger partial charge in [0.05, 0.1) is 17.1 Å². The van der Waals surface area contributed by atoms with Crippen molar-refractivity contribution in [3.8, 4) is 0 Å². The summed E-state index contributed by atoms with van der Waals surface area (Å²) in [6.45, 7) is 5.12. The van der Waals surface area contributed by atoms with Crippen molar-refractivity contribution >= 4 is 11.0 Å². The van der Waals surface area contributed by atoms with Gasteiger partial charge in [0, 0.05) is 13.2 Å². The molecule has 0 saturated heterocycles. The van der Waals surface area contributed by atoms with E-state index in [2.05, 4.69) is 4.98 Å². The van der Waals surface area contributed by atoms with E-state index in [-0.39, 0.29) is 17.6 Å². The number of halogens is 1. The maximum absolute atomic E-state index is 13.0. The molecule has 0 fully saturated rings. The predicted molar refractivity (Wildman–Crippen MR) is 68.2 cm³/mol. The van der Waals surface area contributed by atoms with E-state index in [1.165, 1.54) is 12.1 Å². The van der Waals surface area contributed by atoms with Crippen LogP contribution in [0.3, 0.4) is 0 Å². The highest BCUT2D eigenvalue weighted by Gasteiger charge is 2.07. The van der Waals surface area contributed by atoms with Crippen molar-refractivity contribution in [1.29, 1.82) is 0 Å². The largest absolute Gasteiger partial charge is 0.379 e. The third-order valence-corrected chi connectivity index (χ3v) is 2.71. The number of hydrogen-bond acceptors (Lipinski definition) is 2. The number of nitrogens with zero attached hydrogens (tertiary/aromatic N) is 1. The number of rotatable bonds is 5. The number of fused-ring (bicyclic) bond motifs is 1. The molecule has 1 heterocycles. The first kappa shape index (κ1) is 12.8. The average Bonchev–Trinajstić information content (AvgIpc) is 2.59. The van der Waals surface area contributed by atoms with Crippen molar-refractivity contribution in [3.63, 3.8) is 0 Å². The molecule has 0 aliphatic rings. The van der Waals surface area contributed by atoms with Crippen LogP contribution in [-0.4, -0.2) is 22.3 Å². The topological polar surface area (TPSA) is 47.0 Å². The van der Waals surface area contributed by atoms with Crippen LogP contribution in [0.4, 0.5) is 4.39 Å². The third kappa shape index (κ3) is 2.79. The number of ether oxygens (including phenoxy) is 1. The molecule has 1 aromatic heterocycles. The first-order valence-electron chi connectivity index (χ1n) is 6.07. The van der Waals surface area contributed by atoms with Crippen molar-refractivity contribution in [2.45, 2.75) is 32.9 Å². The molecule has 0 spiro atoms. The Balaban J connectivity index is 2.13. The Kier molecular flexibility index (Phi) is 3.81. The summed E-state index contributed by atoms with van der Waals surface area (Å²) in [6, 6.07) is 4.31. The van der Waals surface area contributed by atoms with Crippen LogP contribution in [0.2, 0.25) is 0 Å². The van der Waals surface area contributed by atoms with Crippen LogP contribution in [0, 0.1) is 5.82 Å². The molecule has 0 aliphatic carbocycles. The molecule has 0 aliphatic heterocycles. The second kappa shape index (κ2) is 5.35. The molecule has 0 saturated carbocycles.